The number of rotatable bonds is 6. The number of halogens is 1. The monoisotopic (exact) mass is 491 g/mol. The number of thioether (sulfide) groups is 1. The first-order valence-corrected chi connectivity index (χ1v) is 12.2. The number of para-hydroxylation sites is 1. The Balaban J connectivity index is 1.38. The summed E-state index contributed by atoms with van der Waals surface area (Å²) < 4.78 is 1.69. The fourth-order valence-corrected chi connectivity index (χ4v) is 4.76. The number of hydrogen-bond donors (Lipinski definition) is 0. The molecule has 1 amide bonds. The summed E-state index contributed by atoms with van der Waals surface area (Å²) in [6, 6.07) is 19.3. The molecular formula is C24H22ClN7OS. The Morgan fingerprint density at radius 2 is 1.59 bits per heavy atom. The number of carbonyl (C=O) groups is 1. The van der Waals surface area contributed by atoms with Crippen molar-refractivity contribution in [1.29, 1.82) is 0 Å². The van der Waals surface area contributed by atoms with Crippen molar-refractivity contribution >= 4 is 35.0 Å². The fourth-order valence-electron chi connectivity index (χ4n) is 3.84. The lowest BCUT2D eigenvalue weighted by Crippen LogP contribution is -2.49. The molecule has 0 saturated carbocycles. The van der Waals surface area contributed by atoms with Gasteiger partial charge in [0, 0.05) is 55.0 Å². The fraction of sp³-hybridized carbons (Fsp3) is 0.208. The van der Waals surface area contributed by atoms with E-state index in [9.17, 15) is 4.79 Å². The molecule has 3 heterocycles. The summed E-state index contributed by atoms with van der Waals surface area (Å²) in [5.74, 6) is 0.336. The van der Waals surface area contributed by atoms with Crippen LogP contribution in [0.15, 0.2) is 78.2 Å². The number of benzene rings is 2. The molecule has 0 atom stereocenters. The van der Waals surface area contributed by atoms with Crippen molar-refractivity contribution in [2.45, 2.75) is 10.9 Å². The van der Waals surface area contributed by atoms with E-state index in [0.717, 1.165) is 18.8 Å². The number of carbonyl (C=O) groups excluding carboxylic acids is 1. The zero-order valence-electron chi connectivity index (χ0n) is 18.3. The number of aromatic nitrogens is 5. The van der Waals surface area contributed by atoms with Gasteiger partial charge in [-0.15, -0.1) is 5.10 Å². The van der Waals surface area contributed by atoms with Crippen LogP contribution < -0.4 is 4.90 Å². The van der Waals surface area contributed by atoms with E-state index in [4.69, 9.17) is 11.6 Å². The highest BCUT2D eigenvalue weighted by atomic mass is 35.5. The Morgan fingerprint density at radius 1 is 0.882 bits per heavy atom. The third-order valence-corrected chi connectivity index (χ3v) is 6.74. The highest BCUT2D eigenvalue weighted by Gasteiger charge is 2.28. The van der Waals surface area contributed by atoms with Crippen LogP contribution in [0.25, 0.3) is 5.69 Å². The third-order valence-electron chi connectivity index (χ3n) is 5.61. The summed E-state index contributed by atoms with van der Waals surface area (Å²) in [6.45, 7) is 2.78. The first-order chi connectivity index (χ1) is 16.7. The Kier molecular flexibility index (Phi) is 6.73. The van der Waals surface area contributed by atoms with Crippen LogP contribution in [0, 0.1) is 0 Å². The number of nitrogens with zero attached hydrogens (tertiary/aromatic N) is 7. The van der Waals surface area contributed by atoms with E-state index >= 15 is 0 Å². The molecule has 1 fully saturated rings. The Bertz CT molecular complexity index is 1240. The molecule has 8 nitrogen and oxygen atoms in total. The van der Waals surface area contributed by atoms with Gasteiger partial charge >= 0.3 is 0 Å². The van der Waals surface area contributed by atoms with Crippen molar-refractivity contribution in [3.05, 3.63) is 89.5 Å². The molecule has 5 rings (SSSR count). The van der Waals surface area contributed by atoms with E-state index in [0.29, 0.717) is 40.4 Å². The van der Waals surface area contributed by atoms with E-state index < -0.39 is 0 Å². The van der Waals surface area contributed by atoms with Crippen molar-refractivity contribution in [2.24, 2.45) is 0 Å². The average molecular weight is 492 g/mol. The number of piperazine rings is 1. The van der Waals surface area contributed by atoms with Crippen LogP contribution in [-0.4, -0.2) is 61.9 Å². The normalized spacial score (nSPS) is 13.8. The lowest BCUT2D eigenvalue weighted by Gasteiger charge is -2.35. The first-order valence-electron chi connectivity index (χ1n) is 10.9. The molecule has 1 saturated heterocycles. The van der Waals surface area contributed by atoms with Gasteiger partial charge in [-0.05, 0) is 42.5 Å². The lowest BCUT2D eigenvalue weighted by atomic mass is 10.2. The van der Waals surface area contributed by atoms with Crippen molar-refractivity contribution in [1.82, 2.24) is 29.9 Å². The number of hydrogen-bond acceptors (Lipinski definition) is 7. The summed E-state index contributed by atoms with van der Waals surface area (Å²) in [5, 5.41) is 9.87. The van der Waals surface area contributed by atoms with Gasteiger partial charge in [0.2, 0.25) is 0 Å². The minimum absolute atomic E-state index is 0.113. The van der Waals surface area contributed by atoms with Gasteiger partial charge in [0.25, 0.3) is 5.91 Å². The molecule has 0 radical (unpaired) electrons. The summed E-state index contributed by atoms with van der Waals surface area (Å²) in [7, 11) is 0. The van der Waals surface area contributed by atoms with E-state index in [1.807, 2.05) is 35.2 Å². The minimum atomic E-state index is -0.113. The molecule has 1 aliphatic heterocycles. The molecule has 4 aromatic rings. The summed E-state index contributed by atoms with van der Waals surface area (Å²) in [5.41, 5.74) is 3.01. The standard InChI is InChI=1S/C24H22ClN7OS/c25-18-7-9-20(10-8-18)32-21(17-34-24-26-11-4-12-27-24)22(28-29-32)23(33)31-15-13-30(14-16-31)19-5-2-1-3-6-19/h1-12H,13-17H2. The second-order valence-electron chi connectivity index (χ2n) is 7.71. The molecule has 0 unspecified atom stereocenters. The summed E-state index contributed by atoms with van der Waals surface area (Å²) >= 11 is 7.50. The van der Waals surface area contributed by atoms with Crippen LogP contribution in [0.5, 0.6) is 0 Å². The van der Waals surface area contributed by atoms with Gasteiger partial charge in [0.05, 0.1) is 11.4 Å². The van der Waals surface area contributed by atoms with Crippen LogP contribution in [0.2, 0.25) is 5.02 Å². The lowest BCUT2D eigenvalue weighted by molar-refractivity contribution is 0.0740. The van der Waals surface area contributed by atoms with Crippen molar-refractivity contribution in [3.8, 4) is 5.69 Å². The summed E-state index contributed by atoms with van der Waals surface area (Å²) in [4.78, 5) is 26.2. The zero-order valence-corrected chi connectivity index (χ0v) is 19.9. The van der Waals surface area contributed by atoms with Crippen LogP contribution >= 0.6 is 23.4 Å². The van der Waals surface area contributed by atoms with Crippen LogP contribution in [0.4, 0.5) is 5.69 Å². The Hall–Kier alpha value is -3.43. The second kappa shape index (κ2) is 10.2. The zero-order chi connectivity index (χ0) is 23.3. The van der Waals surface area contributed by atoms with Gasteiger partial charge in [-0.3, -0.25) is 4.79 Å². The molecule has 0 aliphatic carbocycles. The minimum Gasteiger partial charge on any atom is -0.368 e. The number of amides is 1. The van der Waals surface area contributed by atoms with E-state index in [1.54, 1.807) is 35.3 Å². The van der Waals surface area contributed by atoms with Crippen molar-refractivity contribution in [3.63, 3.8) is 0 Å². The van der Waals surface area contributed by atoms with Gasteiger partial charge < -0.3 is 9.80 Å². The highest BCUT2D eigenvalue weighted by Crippen LogP contribution is 2.25. The van der Waals surface area contributed by atoms with E-state index in [1.165, 1.54) is 17.4 Å². The molecule has 10 heteroatoms. The maximum Gasteiger partial charge on any atom is 0.276 e. The Labute approximate surface area is 206 Å². The van der Waals surface area contributed by atoms with Gasteiger partial charge in [-0.2, -0.15) is 0 Å². The second-order valence-corrected chi connectivity index (χ2v) is 9.09. The Morgan fingerprint density at radius 3 is 2.29 bits per heavy atom. The molecule has 2 aromatic carbocycles. The van der Waals surface area contributed by atoms with Gasteiger partial charge in [-0.1, -0.05) is 46.8 Å². The topological polar surface area (TPSA) is 80.0 Å². The average Bonchev–Trinajstić information content (AvgIpc) is 3.32. The molecule has 2 aromatic heterocycles. The predicted octanol–water partition coefficient (Wildman–Crippen LogP) is 3.97. The molecular weight excluding hydrogens is 470 g/mol. The quantitative estimate of drug-likeness (QED) is 0.298. The van der Waals surface area contributed by atoms with Crippen LogP contribution in [-0.2, 0) is 5.75 Å². The van der Waals surface area contributed by atoms with E-state index in [-0.39, 0.29) is 5.91 Å². The highest BCUT2D eigenvalue weighted by molar-refractivity contribution is 7.98. The van der Waals surface area contributed by atoms with E-state index in [2.05, 4.69) is 37.3 Å². The molecule has 0 spiro atoms. The number of anilines is 1. The maximum absolute atomic E-state index is 13.5. The maximum atomic E-state index is 13.5. The van der Waals surface area contributed by atoms with Gasteiger partial charge in [0.15, 0.2) is 10.9 Å². The molecule has 34 heavy (non-hydrogen) atoms. The smallest absolute Gasteiger partial charge is 0.276 e. The van der Waals surface area contributed by atoms with Gasteiger partial charge in [0.1, 0.15) is 0 Å². The molecule has 1 aliphatic rings. The predicted molar refractivity (Wildman–Crippen MR) is 133 cm³/mol. The third kappa shape index (κ3) is 4.90. The van der Waals surface area contributed by atoms with Gasteiger partial charge in [-0.25, -0.2) is 14.6 Å². The molecule has 0 N–H and O–H groups in total. The van der Waals surface area contributed by atoms with Crippen LogP contribution in [0.1, 0.15) is 16.2 Å². The van der Waals surface area contributed by atoms with Crippen molar-refractivity contribution < 1.29 is 4.79 Å². The largest absolute Gasteiger partial charge is 0.368 e. The van der Waals surface area contributed by atoms with Crippen LogP contribution in [0.3, 0.4) is 0 Å². The summed E-state index contributed by atoms with van der Waals surface area (Å²) in [6.07, 6.45) is 3.39. The first kappa shape index (κ1) is 22.4. The SMILES string of the molecule is O=C(c1nnn(-c2ccc(Cl)cc2)c1CSc1ncccn1)N1CCN(c2ccccc2)CC1. The molecule has 0 bridgehead atoms. The van der Waals surface area contributed by atoms with Crippen molar-refractivity contribution in [2.75, 3.05) is 31.1 Å². The molecule has 172 valence electrons.